The molecule has 1 saturated heterocycles. The Morgan fingerprint density at radius 2 is 1.74 bits per heavy atom. The van der Waals surface area contributed by atoms with Gasteiger partial charge < -0.3 is 14.2 Å². The lowest BCUT2D eigenvalue weighted by molar-refractivity contribution is -0.121. The van der Waals surface area contributed by atoms with Gasteiger partial charge in [0, 0.05) is 6.54 Å². The Hall–Kier alpha value is -2.88. The molecule has 1 N–H and O–H groups in total. The minimum absolute atomic E-state index is 0.0373. The van der Waals surface area contributed by atoms with E-state index >= 15 is 0 Å². The maximum Gasteiger partial charge on any atom is 0.243 e. The number of carbonyl (C=O) groups is 1. The molecule has 0 bridgehead atoms. The number of nitrogens with zero attached hydrogens (tertiary/aromatic N) is 2. The summed E-state index contributed by atoms with van der Waals surface area (Å²) in [6.45, 7) is 3.75. The quantitative estimate of drug-likeness (QED) is 0.470. The van der Waals surface area contributed by atoms with E-state index in [1.54, 1.807) is 42.7 Å². The predicted octanol–water partition coefficient (Wildman–Crippen LogP) is 3.72. The van der Waals surface area contributed by atoms with Crippen LogP contribution < -0.4 is 5.32 Å². The zero-order valence-corrected chi connectivity index (χ0v) is 20.2. The number of piperidine rings is 1. The van der Waals surface area contributed by atoms with Crippen molar-refractivity contribution in [1.29, 1.82) is 0 Å². The van der Waals surface area contributed by atoms with E-state index in [4.69, 9.17) is 8.83 Å². The van der Waals surface area contributed by atoms with Crippen LogP contribution in [0, 0.1) is 6.92 Å². The normalized spacial score (nSPS) is 15.9. The number of amides is 1. The van der Waals surface area contributed by atoms with Crippen LogP contribution in [0.4, 0.5) is 0 Å². The molecule has 2 aromatic heterocycles. The van der Waals surface area contributed by atoms with Crippen LogP contribution in [0.15, 0.2) is 74.8 Å². The Balaban J connectivity index is 1.48. The first-order chi connectivity index (χ1) is 16.4. The van der Waals surface area contributed by atoms with Crippen LogP contribution in [-0.4, -0.2) is 49.7 Å². The van der Waals surface area contributed by atoms with Crippen molar-refractivity contribution in [2.24, 2.45) is 0 Å². The minimum atomic E-state index is -3.91. The van der Waals surface area contributed by atoms with Crippen LogP contribution in [0.5, 0.6) is 0 Å². The summed E-state index contributed by atoms with van der Waals surface area (Å²) in [6.07, 6.45) is 6.53. The molecule has 3 aromatic rings. The van der Waals surface area contributed by atoms with Gasteiger partial charge in [-0.2, -0.15) is 4.31 Å². The van der Waals surface area contributed by atoms with E-state index in [-0.39, 0.29) is 29.9 Å². The molecule has 0 aliphatic carbocycles. The van der Waals surface area contributed by atoms with Crippen LogP contribution in [0.2, 0.25) is 0 Å². The summed E-state index contributed by atoms with van der Waals surface area (Å²) in [4.78, 5) is 15.4. The topological polar surface area (TPSA) is 96.0 Å². The Bertz CT molecular complexity index is 1140. The lowest BCUT2D eigenvalue weighted by Crippen LogP contribution is -2.44. The Morgan fingerprint density at radius 1 is 1.03 bits per heavy atom. The smallest absolute Gasteiger partial charge is 0.243 e. The summed E-state index contributed by atoms with van der Waals surface area (Å²) >= 11 is 0. The molecule has 8 nitrogen and oxygen atoms in total. The lowest BCUT2D eigenvalue weighted by Gasteiger charge is -2.33. The minimum Gasteiger partial charge on any atom is -0.468 e. The monoisotopic (exact) mass is 485 g/mol. The van der Waals surface area contributed by atoms with Crippen molar-refractivity contribution in [3.8, 4) is 0 Å². The van der Waals surface area contributed by atoms with Gasteiger partial charge >= 0.3 is 0 Å². The third-order valence-corrected chi connectivity index (χ3v) is 7.89. The molecule has 1 aliphatic heterocycles. The summed E-state index contributed by atoms with van der Waals surface area (Å²) in [7, 11) is -3.91. The third-order valence-electron chi connectivity index (χ3n) is 6.09. The van der Waals surface area contributed by atoms with Crippen LogP contribution >= 0.6 is 0 Å². The first kappa shape index (κ1) is 24.3. The van der Waals surface area contributed by atoms with Crippen molar-refractivity contribution < 1.29 is 22.0 Å². The van der Waals surface area contributed by atoms with Gasteiger partial charge in [-0.1, -0.05) is 24.1 Å². The Labute approximate surface area is 200 Å². The molecule has 3 heterocycles. The van der Waals surface area contributed by atoms with Gasteiger partial charge in [0.05, 0.1) is 36.6 Å². The van der Waals surface area contributed by atoms with Gasteiger partial charge in [-0.15, -0.1) is 0 Å². The summed E-state index contributed by atoms with van der Waals surface area (Å²) in [6, 6.07) is 13.6. The molecule has 34 heavy (non-hydrogen) atoms. The van der Waals surface area contributed by atoms with Crippen molar-refractivity contribution in [2.75, 3.05) is 26.2 Å². The molecule has 0 spiro atoms. The fraction of sp³-hybridized carbons (Fsp3) is 0.400. The summed E-state index contributed by atoms with van der Waals surface area (Å²) < 4.78 is 38.9. The van der Waals surface area contributed by atoms with E-state index in [2.05, 4.69) is 10.2 Å². The van der Waals surface area contributed by atoms with E-state index in [1.165, 1.54) is 12.7 Å². The second-order valence-electron chi connectivity index (χ2n) is 8.60. The number of benzene rings is 1. The lowest BCUT2D eigenvalue weighted by atomic mass is 10.1. The molecule has 1 unspecified atom stereocenters. The highest BCUT2D eigenvalue weighted by Crippen LogP contribution is 2.25. The number of hydrogen-bond donors (Lipinski definition) is 1. The van der Waals surface area contributed by atoms with Crippen LogP contribution in [-0.2, 0) is 21.4 Å². The van der Waals surface area contributed by atoms with Crippen molar-refractivity contribution in [2.45, 2.75) is 43.7 Å². The molecule has 1 amide bonds. The van der Waals surface area contributed by atoms with Gasteiger partial charge in [-0.25, -0.2) is 8.42 Å². The highest BCUT2D eigenvalue weighted by molar-refractivity contribution is 7.89. The molecule has 182 valence electrons. The highest BCUT2D eigenvalue weighted by Gasteiger charge is 2.29. The maximum atomic E-state index is 13.4. The fourth-order valence-corrected chi connectivity index (χ4v) is 5.57. The van der Waals surface area contributed by atoms with Gasteiger partial charge in [-0.05, 0) is 69.3 Å². The van der Waals surface area contributed by atoms with E-state index in [0.717, 1.165) is 41.6 Å². The highest BCUT2D eigenvalue weighted by atomic mass is 32.2. The number of carbonyl (C=O) groups excluding carboxylic acids is 1. The third kappa shape index (κ3) is 5.97. The number of nitrogens with one attached hydrogen (secondary N) is 1. The number of sulfonamides is 1. The van der Waals surface area contributed by atoms with Crippen LogP contribution in [0.25, 0.3) is 0 Å². The van der Waals surface area contributed by atoms with Gasteiger partial charge in [0.2, 0.25) is 15.9 Å². The molecular weight excluding hydrogens is 454 g/mol. The zero-order chi connectivity index (χ0) is 24.0. The zero-order valence-electron chi connectivity index (χ0n) is 19.4. The molecule has 1 aliphatic rings. The summed E-state index contributed by atoms with van der Waals surface area (Å²) in [5.41, 5.74) is 0.955. The SMILES string of the molecule is Cc1ccc(S(=O)(=O)N(CC(=O)NCC(c2ccco2)N2CCCCC2)Cc2ccco2)cc1. The molecule has 4 rings (SSSR count). The number of furan rings is 2. The first-order valence-corrected chi connectivity index (χ1v) is 13.0. The molecule has 1 atom stereocenters. The van der Waals surface area contributed by atoms with Crippen molar-refractivity contribution >= 4 is 15.9 Å². The molecule has 1 fully saturated rings. The molecule has 1 aromatic carbocycles. The van der Waals surface area contributed by atoms with Gasteiger partial charge in [0.15, 0.2) is 0 Å². The second kappa shape index (κ2) is 11.0. The van der Waals surface area contributed by atoms with Crippen molar-refractivity contribution in [3.05, 3.63) is 78.1 Å². The predicted molar refractivity (Wildman–Crippen MR) is 127 cm³/mol. The van der Waals surface area contributed by atoms with Gasteiger partial charge in [0.25, 0.3) is 0 Å². The molecule has 0 saturated carbocycles. The number of aryl methyl sites for hydroxylation is 1. The molecule has 0 radical (unpaired) electrons. The fourth-order valence-electron chi connectivity index (χ4n) is 4.21. The maximum absolute atomic E-state index is 13.4. The number of hydrogen-bond acceptors (Lipinski definition) is 6. The molecule has 9 heteroatoms. The average molecular weight is 486 g/mol. The van der Waals surface area contributed by atoms with E-state index < -0.39 is 10.0 Å². The van der Waals surface area contributed by atoms with Crippen LogP contribution in [0.3, 0.4) is 0 Å². The summed E-state index contributed by atoms with van der Waals surface area (Å²) in [5, 5.41) is 2.93. The van der Waals surface area contributed by atoms with Crippen LogP contribution in [0.1, 0.15) is 42.4 Å². The summed E-state index contributed by atoms with van der Waals surface area (Å²) in [5.74, 6) is 0.878. The van der Waals surface area contributed by atoms with Crippen molar-refractivity contribution in [3.63, 3.8) is 0 Å². The Kier molecular flexibility index (Phi) is 7.87. The average Bonchev–Trinajstić information content (AvgIpc) is 3.55. The van der Waals surface area contributed by atoms with E-state index in [0.29, 0.717) is 12.3 Å². The number of likely N-dealkylation sites (tertiary alicyclic amines) is 1. The number of rotatable bonds is 10. The van der Waals surface area contributed by atoms with Gasteiger partial charge in [-0.3, -0.25) is 9.69 Å². The van der Waals surface area contributed by atoms with E-state index in [9.17, 15) is 13.2 Å². The molecular formula is C25H31N3O5S. The largest absolute Gasteiger partial charge is 0.468 e. The van der Waals surface area contributed by atoms with Crippen molar-refractivity contribution in [1.82, 2.24) is 14.5 Å². The second-order valence-corrected chi connectivity index (χ2v) is 10.5. The van der Waals surface area contributed by atoms with Gasteiger partial charge in [0.1, 0.15) is 11.5 Å². The van der Waals surface area contributed by atoms with E-state index in [1.807, 2.05) is 19.1 Å². The standard InChI is InChI=1S/C25H31N3O5S/c1-20-9-11-22(12-10-20)34(30,31)28(18-21-7-5-15-32-21)19-25(29)26-17-23(24-8-6-16-33-24)27-13-3-2-4-14-27/h5-12,15-16,23H,2-4,13-14,17-19H2,1H3,(H,26,29). The first-order valence-electron chi connectivity index (χ1n) is 11.6. The Morgan fingerprint density at radius 3 is 2.38 bits per heavy atom.